The van der Waals surface area contributed by atoms with Gasteiger partial charge in [0.15, 0.2) is 0 Å². The molecule has 0 amide bonds. The summed E-state index contributed by atoms with van der Waals surface area (Å²) in [6.07, 6.45) is 0. The zero-order valence-corrected chi connectivity index (χ0v) is 30.1. The van der Waals surface area contributed by atoms with Crippen LogP contribution in [0.4, 0.5) is 4.11 Å². The van der Waals surface area contributed by atoms with Crippen molar-refractivity contribution >= 4 is 28.7 Å². The molecule has 2 aromatic carbocycles. The Hall–Kier alpha value is -2.30. The van der Waals surface area contributed by atoms with Crippen molar-refractivity contribution in [1.82, 2.24) is 0 Å². The Balaban J connectivity index is 0.000000420. The van der Waals surface area contributed by atoms with Crippen LogP contribution in [0.25, 0.3) is 0 Å². The average molecular weight is 618 g/mol. The summed E-state index contributed by atoms with van der Waals surface area (Å²) in [5.41, 5.74) is 1.88. The van der Waals surface area contributed by atoms with E-state index in [2.05, 4.69) is 0 Å². The highest BCUT2D eigenvalue weighted by molar-refractivity contribution is 6.81. The fourth-order valence-corrected chi connectivity index (χ4v) is 12.9. The van der Waals surface area contributed by atoms with E-state index in [1.807, 2.05) is 144 Å². The molecule has 0 bridgehead atoms. The molecule has 2 aromatic rings. The van der Waals surface area contributed by atoms with Crippen molar-refractivity contribution < 1.29 is 28.0 Å². The predicted molar refractivity (Wildman–Crippen MR) is 176 cm³/mol. The van der Waals surface area contributed by atoms with Gasteiger partial charge in [-0.2, -0.15) is 0 Å². The van der Waals surface area contributed by atoms with Crippen LogP contribution in [-0.2, 0) is 32.3 Å². The van der Waals surface area contributed by atoms with Crippen molar-refractivity contribution in [3.8, 4) is 0 Å². The fraction of sp³-hybridized carbons (Fsp3) is 0.588. The summed E-state index contributed by atoms with van der Waals surface area (Å²) >= 11 is 0. The topological polar surface area (TPSA) is 72.8 Å². The van der Waals surface area contributed by atoms with E-state index in [1.54, 1.807) is 0 Å². The minimum absolute atomic E-state index is 0.0904. The Morgan fingerprint density at radius 1 is 0.595 bits per heavy atom. The smallest absolute Gasteiger partial charge is 0.306 e. The maximum Gasteiger partial charge on any atom is 0.306 e. The van der Waals surface area contributed by atoms with Gasteiger partial charge in [0, 0.05) is 0 Å². The van der Waals surface area contributed by atoms with Gasteiger partial charge in [0.2, 0.25) is 8.32 Å². The number of halogens is 1. The van der Waals surface area contributed by atoms with Crippen molar-refractivity contribution in [1.29, 1.82) is 0 Å². The third-order valence-electron chi connectivity index (χ3n) is 8.13. The lowest BCUT2D eigenvalue weighted by Crippen LogP contribution is -2.53. The van der Waals surface area contributed by atoms with Crippen LogP contribution < -0.4 is 0 Å². The molecule has 0 aliphatic carbocycles. The van der Waals surface area contributed by atoms with Gasteiger partial charge < -0.3 is 18.4 Å². The monoisotopic (exact) mass is 617 g/mol. The van der Waals surface area contributed by atoms with Crippen molar-refractivity contribution in [2.24, 2.45) is 0 Å². The summed E-state index contributed by atoms with van der Waals surface area (Å²) < 4.78 is 26.2. The lowest BCUT2D eigenvalue weighted by molar-refractivity contribution is -0.143. The number of ether oxygens (including phenoxy) is 2. The Morgan fingerprint density at radius 2 is 0.905 bits per heavy atom. The Kier molecular flexibility index (Phi) is 13.0. The molecule has 0 unspecified atom stereocenters. The number of hydrogen-bond acceptors (Lipinski definition) is 5. The zero-order valence-electron chi connectivity index (χ0n) is 28.1. The molecule has 1 N–H and O–H groups in total. The van der Waals surface area contributed by atoms with Gasteiger partial charge in [0.25, 0.3) is 8.41 Å². The second kappa shape index (κ2) is 14.5. The SMILES string of the molecule is CC(C)(C)[Si](O)(CC(=O)OCc1ccccc1)C(C)(C)C.CC(C)(C)[Si]([18F])(CC(=O)OCc1ccccc1)C(C)(C)C. The molecule has 42 heavy (non-hydrogen) atoms. The van der Waals surface area contributed by atoms with Crippen molar-refractivity contribution in [2.75, 3.05) is 0 Å². The first kappa shape index (κ1) is 37.7. The molecule has 0 radical (unpaired) electrons. The number of carbonyl (C=O) groups is 2. The van der Waals surface area contributed by atoms with Crippen LogP contribution in [0.3, 0.4) is 0 Å². The maximum absolute atomic E-state index is 15.6. The molecule has 0 spiro atoms. The van der Waals surface area contributed by atoms with Crippen LogP contribution in [0.15, 0.2) is 60.7 Å². The van der Waals surface area contributed by atoms with Gasteiger partial charge in [-0.15, -0.1) is 0 Å². The molecular weight excluding hydrogens is 563 g/mol. The molecule has 2 rings (SSSR count). The highest BCUT2D eigenvalue weighted by Gasteiger charge is 2.57. The summed E-state index contributed by atoms with van der Waals surface area (Å²) in [4.78, 5) is 35.5. The molecule has 0 aliphatic rings. The van der Waals surface area contributed by atoms with E-state index < -0.39 is 32.8 Å². The largest absolute Gasteiger partial charge is 0.461 e. The van der Waals surface area contributed by atoms with E-state index in [0.717, 1.165) is 11.1 Å². The summed E-state index contributed by atoms with van der Waals surface area (Å²) in [5.74, 6) is -0.740. The Bertz CT molecular complexity index is 1010. The van der Waals surface area contributed by atoms with Gasteiger partial charge in [0.1, 0.15) is 13.2 Å². The second-order valence-electron chi connectivity index (χ2n) is 15.3. The van der Waals surface area contributed by atoms with E-state index in [0.29, 0.717) is 0 Å². The first-order chi connectivity index (χ1) is 18.9. The minimum Gasteiger partial charge on any atom is -0.461 e. The van der Waals surface area contributed by atoms with Crippen molar-refractivity contribution in [3.63, 3.8) is 0 Å². The van der Waals surface area contributed by atoms with Gasteiger partial charge in [-0.25, -0.2) is 0 Å². The van der Waals surface area contributed by atoms with Crippen molar-refractivity contribution in [2.45, 2.75) is 129 Å². The van der Waals surface area contributed by atoms with E-state index in [9.17, 15) is 14.4 Å². The van der Waals surface area contributed by atoms with E-state index in [1.165, 1.54) is 0 Å². The number of esters is 2. The first-order valence-corrected chi connectivity index (χ1v) is 19.0. The van der Waals surface area contributed by atoms with Crippen LogP contribution >= 0.6 is 0 Å². The zero-order chi connectivity index (χ0) is 32.6. The predicted octanol–water partition coefficient (Wildman–Crippen LogP) is 9.51. The van der Waals surface area contributed by atoms with Crippen LogP contribution in [0, 0.1) is 0 Å². The van der Waals surface area contributed by atoms with Gasteiger partial charge >= 0.3 is 11.9 Å². The normalized spacial score (nSPS) is 13.1. The third kappa shape index (κ3) is 10.5. The number of rotatable bonds is 8. The molecule has 8 heteroatoms. The molecule has 0 aromatic heterocycles. The molecule has 0 heterocycles. The molecule has 0 fully saturated rings. The Morgan fingerprint density at radius 3 is 1.19 bits per heavy atom. The molecule has 236 valence electrons. The fourth-order valence-electron chi connectivity index (χ4n) is 5.30. The van der Waals surface area contributed by atoms with E-state index >= 15 is 4.11 Å². The van der Waals surface area contributed by atoms with Crippen LogP contribution in [0.5, 0.6) is 0 Å². The van der Waals surface area contributed by atoms with Gasteiger partial charge in [-0.3, -0.25) is 9.59 Å². The highest BCUT2D eigenvalue weighted by atomic mass is 28.4. The van der Waals surface area contributed by atoms with E-state index in [4.69, 9.17) is 9.47 Å². The first-order valence-electron chi connectivity index (χ1n) is 14.7. The quantitative estimate of drug-likeness (QED) is 0.181. The van der Waals surface area contributed by atoms with Crippen LogP contribution in [-0.4, -0.2) is 33.5 Å². The summed E-state index contributed by atoms with van der Waals surface area (Å²) in [6.45, 7) is 23.8. The molecule has 0 saturated heterocycles. The summed E-state index contributed by atoms with van der Waals surface area (Å²) in [7, 11) is -6.16. The van der Waals surface area contributed by atoms with Crippen LogP contribution in [0.2, 0.25) is 32.2 Å². The second-order valence-corrected chi connectivity index (χ2v) is 25.3. The number of hydrogen-bond donors (Lipinski definition) is 1. The summed E-state index contributed by atoms with van der Waals surface area (Å²) in [5, 5.41) is -1.57. The molecule has 0 aliphatic heterocycles. The average Bonchev–Trinajstić information content (AvgIpc) is 2.85. The van der Waals surface area contributed by atoms with Crippen molar-refractivity contribution in [3.05, 3.63) is 71.8 Å². The minimum atomic E-state index is -3.33. The Labute approximate surface area is 256 Å². The maximum atomic E-state index is 15.6. The van der Waals surface area contributed by atoms with Crippen LogP contribution in [0.1, 0.15) is 94.2 Å². The standard InChI is InChI=1S/C17H27FO2Si.C17H28O3Si/c1-16(2,3)21(18,17(4,5)6)13-15(19)20-12-14-10-8-7-9-11-14;1-16(2,3)21(19,17(4,5)6)13-15(18)20-12-14-10-8-7-9-11-14/h7-11H,12-13H2,1-6H3;7-11,19H,12-13H2,1-6H3/i18-1;. The number of benzene rings is 2. The molecule has 0 saturated carbocycles. The number of carbonyl (C=O) groups excluding carboxylic acids is 2. The van der Waals surface area contributed by atoms with Gasteiger partial charge in [-0.1, -0.05) is 144 Å². The molecular formula is C34H55FO5Si2. The molecule has 5 nitrogen and oxygen atoms in total. The molecule has 0 atom stereocenters. The summed E-state index contributed by atoms with van der Waals surface area (Å²) in [6, 6.07) is 19.1. The van der Waals surface area contributed by atoms with E-state index in [-0.39, 0.29) is 41.3 Å². The van der Waals surface area contributed by atoms with Gasteiger partial charge in [-0.05, 0) is 31.3 Å². The van der Waals surface area contributed by atoms with Gasteiger partial charge in [0.05, 0.1) is 12.1 Å². The lowest BCUT2D eigenvalue weighted by atomic mass is 10.2. The third-order valence-corrected chi connectivity index (χ3v) is 19.4. The lowest BCUT2D eigenvalue weighted by Gasteiger charge is -2.46. The highest BCUT2D eigenvalue weighted by Crippen LogP contribution is 2.54.